The molecule has 1 aromatic heterocycles. The summed E-state index contributed by atoms with van der Waals surface area (Å²) in [6.07, 6.45) is 0. The third-order valence-corrected chi connectivity index (χ3v) is 1.88. The maximum Gasteiger partial charge on any atom is 0.128 e. The van der Waals surface area contributed by atoms with Crippen molar-refractivity contribution in [1.29, 1.82) is 0 Å². The van der Waals surface area contributed by atoms with Gasteiger partial charge in [-0.25, -0.2) is 9.37 Å². The fourth-order valence-electron chi connectivity index (χ4n) is 1.27. The first-order chi connectivity index (χ1) is 5.66. The van der Waals surface area contributed by atoms with Crippen LogP contribution in [0.1, 0.15) is 11.4 Å². The zero-order valence-electron chi connectivity index (χ0n) is 6.98. The van der Waals surface area contributed by atoms with Crippen molar-refractivity contribution in [1.82, 2.24) is 9.97 Å². The number of imidazole rings is 1. The minimum atomic E-state index is -0.200. The standard InChI is InChI=1S/C9H9FN2/c1-5-3-8-9(4-7(5)10)12-6(2)11-8/h3-4H,1-2H3,(H,11,12). The first-order valence-corrected chi connectivity index (χ1v) is 3.79. The van der Waals surface area contributed by atoms with Crippen LogP contribution < -0.4 is 0 Å². The maximum absolute atomic E-state index is 13.0. The lowest BCUT2D eigenvalue weighted by atomic mass is 10.2. The highest BCUT2D eigenvalue weighted by Crippen LogP contribution is 2.16. The van der Waals surface area contributed by atoms with Crippen LogP contribution in [0, 0.1) is 19.7 Å². The largest absolute Gasteiger partial charge is 0.342 e. The van der Waals surface area contributed by atoms with Gasteiger partial charge in [-0.3, -0.25) is 0 Å². The van der Waals surface area contributed by atoms with Gasteiger partial charge in [0.05, 0.1) is 11.0 Å². The van der Waals surface area contributed by atoms with Crippen LogP contribution in [0.3, 0.4) is 0 Å². The first kappa shape index (κ1) is 7.28. The summed E-state index contributed by atoms with van der Waals surface area (Å²) in [5, 5.41) is 0. The normalized spacial score (nSPS) is 10.9. The van der Waals surface area contributed by atoms with Gasteiger partial charge in [0.25, 0.3) is 0 Å². The van der Waals surface area contributed by atoms with E-state index in [1.807, 2.05) is 6.92 Å². The molecule has 2 nitrogen and oxygen atoms in total. The van der Waals surface area contributed by atoms with E-state index < -0.39 is 0 Å². The molecule has 0 saturated carbocycles. The Morgan fingerprint density at radius 2 is 2.08 bits per heavy atom. The van der Waals surface area contributed by atoms with E-state index in [1.54, 1.807) is 13.0 Å². The minimum absolute atomic E-state index is 0.200. The predicted octanol–water partition coefficient (Wildman–Crippen LogP) is 2.32. The molecule has 0 aliphatic heterocycles. The molecular formula is C9H9FN2. The van der Waals surface area contributed by atoms with E-state index in [0.717, 1.165) is 11.3 Å². The van der Waals surface area contributed by atoms with Gasteiger partial charge in [-0.05, 0) is 25.5 Å². The zero-order valence-corrected chi connectivity index (χ0v) is 6.98. The van der Waals surface area contributed by atoms with Crippen LogP contribution in [-0.2, 0) is 0 Å². The van der Waals surface area contributed by atoms with E-state index in [4.69, 9.17) is 0 Å². The second-order valence-corrected chi connectivity index (χ2v) is 2.94. The van der Waals surface area contributed by atoms with Crippen molar-refractivity contribution in [3.63, 3.8) is 0 Å². The van der Waals surface area contributed by atoms with Gasteiger partial charge in [-0.1, -0.05) is 0 Å². The predicted molar refractivity (Wildman–Crippen MR) is 45.5 cm³/mol. The van der Waals surface area contributed by atoms with Crippen LogP contribution in [-0.4, -0.2) is 9.97 Å². The van der Waals surface area contributed by atoms with Crippen LogP contribution in [0.25, 0.3) is 11.0 Å². The number of aryl methyl sites for hydroxylation is 2. The summed E-state index contributed by atoms with van der Waals surface area (Å²) in [7, 11) is 0. The molecular weight excluding hydrogens is 155 g/mol. The molecule has 1 N–H and O–H groups in total. The lowest BCUT2D eigenvalue weighted by Crippen LogP contribution is -1.81. The van der Waals surface area contributed by atoms with E-state index >= 15 is 0 Å². The molecule has 0 radical (unpaired) electrons. The number of fused-ring (bicyclic) bond motifs is 1. The van der Waals surface area contributed by atoms with Gasteiger partial charge in [0.1, 0.15) is 11.6 Å². The van der Waals surface area contributed by atoms with E-state index in [2.05, 4.69) is 9.97 Å². The summed E-state index contributed by atoms with van der Waals surface area (Å²) in [4.78, 5) is 7.17. The van der Waals surface area contributed by atoms with Gasteiger partial charge >= 0.3 is 0 Å². The highest BCUT2D eigenvalue weighted by molar-refractivity contribution is 5.75. The number of nitrogens with zero attached hydrogens (tertiary/aromatic N) is 1. The minimum Gasteiger partial charge on any atom is -0.342 e. The van der Waals surface area contributed by atoms with Gasteiger partial charge in [-0.2, -0.15) is 0 Å². The Morgan fingerprint density at radius 1 is 1.33 bits per heavy atom. The molecule has 12 heavy (non-hydrogen) atoms. The summed E-state index contributed by atoms with van der Waals surface area (Å²) in [5.74, 6) is 0.615. The highest BCUT2D eigenvalue weighted by atomic mass is 19.1. The molecule has 0 saturated heterocycles. The summed E-state index contributed by atoms with van der Waals surface area (Å²) in [6.45, 7) is 3.60. The first-order valence-electron chi connectivity index (χ1n) is 3.79. The SMILES string of the molecule is Cc1nc2cc(F)c(C)cc2[nH]1. The van der Waals surface area contributed by atoms with Crippen LogP contribution >= 0.6 is 0 Å². The molecule has 3 heteroatoms. The molecule has 0 spiro atoms. The number of benzene rings is 1. The Bertz CT molecular complexity index is 392. The number of nitrogens with one attached hydrogen (secondary N) is 1. The smallest absolute Gasteiger partial charge is 0.128 e. The summed E-state index contributed by atoms with van der Waals surface area (Å²) >= 11 is 0. The second-order valence-electron chi connectivity index (χ2n) is 2.94. The van der Waals surface area contributed by atoms with Crippen molar-refractivity contribution in [3.05, 3.63) is 29.3 Å². The summed E-state index contributed by atoms with van der Waals surface area (Å²) in [5.41, 5.74) is 2.23. The number of hydrogen-bond donors (Lipinski definition) is 1. The Morgan fingerprint density at radius 3 is 2.83 bits per heavy atom. The fourth-order valence-corrected chi connectivity index (χ4v) is 1.27. The fraction of sp³-hybridized carbons (Fsp3) is 0.222. The second kappa shape index (κ2) is 2.30. The number of hydrogen-bond acceptors (Lipinski definition) is 1. The van der Waals surface area contributed by atoms with Crippen molar-refractivity contribution in [2.45, 2.75) is 13.8 Å². The van der Waals surface area contributed by atoms with Gasteiger partial charge in [0, 0.05) is 6.07 Å². The van der Waals surface area contributed by atoms with Crippen LogP contribution in [0.5, 0.6) is 0 Å². The third-order valence-electron chi connectivity index (χ3n) is 1.88. The molecule has 1 heterocycles. The van der Waals surface area contributed by atoms with E-state index in [1.165, 1.54) is 6.07 Å². The number of rotatable bonds is 0. The molecule has 2 rings (SSSR count). The Labute approximate surface area is 69.4 Å². The van der Waals surface area contributed by atoms with Gasteiger partial charge < -0.3 is 4.98 Å². The lowest BCUT2D eigenvalue weighted by molar-refractivity contribution is 0.620. The van der Waals surface area contributed by atoms with Crippen molar-refractivity contribution in [2.24, 2.45) is 0 Å². The molecule has 0 bridgehead atoms. The molecule has 0 unspecified atom stereocenters. The highest BCUT2D eigenvalue weighted by Gasteiger charge is 2.03. The average Bonchev–Trinajstić information content (AvgIpc) is 2.30. The van der Waals surface area contributed by atoms with E-state index in [9.17, 15) is 4.39 Å². The Kier molecular flexibility index (Phi) is 1.40. The monoisotopic (exact) mass is 164 g/mol. The van der Waals surface area contributed by atoms with Crippen LogP contribution in [0.15, 0.2) is 12.1 Å². The van der Waals surface area contributed by atoms with E-state index in [0.29, 0.717) is 11.1 Å². The lowest BCUT2D eigenvalue weighted by Gasteiger charge is -1.93. The third kappa shape index (κ3) is 0.978. The molecule has 0 aliphatic rings. The van der Waals surface area contributed by atoms with Crippen molar-refractivity contribution in [3.8, 4) is 0 Å². The number of halogens is 1. The summed E-state index contributed by atoms with van der Waals surface area (Å²) < 4.78 is 13.0. The summed E-state index contributed by atoms with van der Waals surface area (Å²) in [6, 6.07) is 3.22. The zero-order chi connectivity index (χ0) is 8.72. The van der Waals surface area contributed by atoms with Gasteiger partial charge in [-0.15, -0.1) is 0 Å². The van der Waals surface area contributed by atoms with E-state index in [-0.39, 0.29) is 5.82 Å². The maximum atomic E-state index is 13.0. The quantitative estimate of drug-likeness (QED) is 0.636. The molecule has 1 aromatic carbocycles. The van der Waals surface area contributed by atoms with Gasteiger partial charge in [0.2, 0.25) is 0 Å². The Hall–Kier alpha value is -1.38. The number of H-pyrrole nitrogens is 1. The molecule has 62 valence electrons. The van der Waals surface area contributed by atoms with Crippen molar-refractivity contribution >= 4 is 11.0 Å². The molecule has 0 atom stereocenters. The van der Waals surface area contributed by atoms with Crippen molar-refractivity contribution < 1.29 is 4.39 Å². The molecule has 0 fully saturated rings. The number of aromatic amines is 1. The van der Waals surface area contributed by atoms with Gasteiger partial charge in [0.15, 0.2) is 0 Å². The average molecular weight is 164 g/mol. The molecule has 0 amide bonds. The molecule has 0 aliphatic carbocycles. The Balaban J connectivity index is 2.83. The van der Waals surface area contributed by atoms with Crippen molar-refractivity contribution in [2.75, 3.05) is 0 Å². The molecule has 2 aromatic rings. The number of aromatic nitrogens is 2. The van der Waals surface area contributed by atoms with Crippen LogP contribution in [0.2, 0.25) is 0 Å². The topological polar surface area (TPSA) is 28.7 Å². The van der Waals surface area contributed by atoms with Crippen LogP contribution in [0.4, 0.5) is 4.39 Å².